The van der Waals surface area contributed by atoms with E-state index in [1.54, 1.807) is 30.6 Å². The van der Waals surface area contributed by atoms with Crippen molar-refractivity contribution in [1.29, 1.82) is 0 Å². The minimum atomic E-state index is -3.88. The minimum absolute atomic E-state index is 0.00867. The fourth-order valence-electron chi connectivity index (χ4n) is 2.80. The predicted molar refractivity (Wildman–Crippen MR) is 95.4 cm³/mol. The van der Waals surface area contributed by atoms with Crippen LogP contribution in [0.4, 0.5) is 0 Å². The summed E-state index contributed by atoms with van der Waals surface area (Å²) >= 11 is 7.52. The average molecular weight is 381 g/mol. The molecule has 9 heteroatoms. The van der Waals surface area contributed by atoms with Gasteiger partial charge in [0.05, 0.1) is 5.52 Å². The molecule has 124 valence electrons. The van der Waals surface area contributed by atoms with Crippen molar-refractivity contribution in [3.05, 3.63) is 52.8 Å². The van der Waals surface area contributed by atoms with E-state index >= 15 is 0 Å². The molecule has 0 aliphatic carbocycles. The molecule has 4 rings (SSSR count). The van der Waals surface area contributed by atoms with Gasteiger partial charge in [0.1, 0.15) is 4.83 Å². The molecule has 24 heavy (non-hydrogen) atoms. The molecule has 0 aliphatic rings. The van der Waals surface area contributed by atoms with Crippen LogP contribution in [0.3, 0.4) is 0 Å². The van der Waals surface area contributed by atoms with Gasteiger partial charge in [-0.2, -0.15) is 5.10 Å². The van der Waals surface area contributed by atoms with Gasteiger partial charge in [-0.15, -0.1) is 11.3 Å². The third-order valence-electron chi connectivity index (χ3n) is 3.85. The molecule has 4 aromatic rings. The molecule has 2 N–H and O–H groups in total. The molecule has 6 nitrogen and oxygen atoms in total. The van der Waals surface area contributed by atoms with Gasteiger partial charge >= 0.3 is 0 Å². The Morgan fingerprint density at radius 2 is 2.12 bits per heavy atom. The van der Waals surface area contributed by atoms with E-state index in [0.717, 1.165) is 10.9 Å². The molecule has 4 heterocycles. The molecule has 0 saturated heterocycles. The summed E-state index contributed by atoms with van der Waals surface area (Å²) in [6, 6.07) is 7.11. The van der Waals surface area contributed by atoms with Gasteiger partial charge in [0.15, 0.2) is 10.0 Å². The number of fused-ring (bicyclic) bond motifs is 2. The number of nitrogens with zero attached hydrogens (tertiary/aromatic N) is 3. The Labute approximate surface area is 147 Å². The highest BCUT2D eigenvalue weighted by Crippen LogP contribution is 2.33. The van der Waals surface area contributed by atoms with Gasteiger partial charge in [-0.1, -0.05) is 17.7 Å². The summed E-state index contributed by atoms with van der Waals surface area (Å²) in [7, 11) is -3.88. The van der Waals surface area contributed by atoms with E-state index in [4.69, 9.17) is 17.3 Å². The first-order chi connectivity index (χ1) is 11.5. The largest absolute Gasteiger partial charge is 0.330 e. The van der Waals surface area contributed by atoms with Gasteiger partial charge in [0.2, 0.25) is 0 Å². The lowest BCUT2D eigenvalue weighted by Gasteiger charge is -2.05. The zero-order valence-corrected chi connectivity index (χ0v) is 14.8. The molecule has 0 unspecified atom stereocenters. The van der Waals surface area contributed by atoms with E-state index < -0.39 is 10.0 Å². The number of pyridine rings is 1. The van der Waals surface area contributed by atoms with Crippen molar-refractivity contribution < 1.29 is 8.42 Å². The van der Waals surface area contributed by atoms with Gasteiger partial charge < -0.3 is 5.73 Å². The molecule has 0 aliphatic heterocycles. The Morgan fingerprint density at radius 1 is 1.29 bits per heavy atom. The topological polar surface area (TPSA) is 82.4 Å². The van der Waals surface area contributed by atoms with E-state index in [1.807, 2.05) is 11.4 Å². The van der Waals surface area contributed by atoms with Crippen molar-refractivity contribution in [1.82, 2.24) is 13.6 Å². The molecular weight excluding hydrogens is 368 g/mol. The second-order valence-electron chi connectivity index (χ2n) is 5.28. The fourth-order valence-corrected chi connectivity index (χ4v) is 5.97. The Morgan fingerprint density at radius 3 is 2.92 bits per heavy atom. The number of hydrogen-bond acceptors (Lipinski definition) is 5. The van der Waals surface area contributed by atoms with Crippen molar-refractivity contribution in [3.63, 3.8) is 0 Å². The lowest BCUT2D eigenvalue weighted by Crippen LogP contribution is -2.12. The number of thiophene rings is 1. The van der Waals surface area contributed by atoms with Gasteiger partial charge in [0, 0.05) is 17.8 Å². The van der Waals surface area contributed by atoms with Gasteiger partial charge in [0.25, 0.3) is 10.0 Å². The van der Waals surface area contributed by atoms with E-state index in [0.29, 0.717) is 23.3 Å². The zero-order chi connectivity index (χ0) is 16.9. The van der Waals surface area contributed by atoms with Crippen molar-refractivity contribution in [2.45, 2.75) is 11.3 Å². The van der Waals surface area contributed by atoms with Gasteiger partial charge in [-0.05, 0) is 42.1 Å². The summed E-state index contributed by atoms with van der Waals surface area (Å²) in [5.74, 6) is 0. The van der Waals surface area contributed by atoms with Crippen LogP contribution in [0, 0.1) is 0 Å². The Hall–Kier alpha value is -1.87. The predicted octanol–water partition coefficient (Wildman–Crippen LogP) is 2.74. The Balaban J connectivity index is 2.01. The molecule has 0 aromatic carbocycles. The Bertz CT molecular complexity index is 1160. The lowest BCUT2D eigenvalue weighted by atomic mass is 10.2. The van der Waals surface area contributed by atoms with E-state index in [2.05, 4.69) is 5.10 Å². The molecule has 4 aromatic heterocycles. The quantitative estimate of drug-likeness (QED) is 0.590. The van der Waals surface area contributed by atoms with Crippen molar-refractivity contribution >= 4 is 48.7 Å². The van der Waals surface area contributed by atoms with Gasteiger partial charge in [-0.3, -0.25) is 0 Å². The summed E-state index contributed by atoms with van der Waals surface area (Å²) in [5.41, 5.74) is 6.99. The van der Waals surface area contributed by atoms with Crippen LogP contribution >= 0.6 is 22.9 Å². The summed E-state index contributed by atoms with van der Waals surface area (Å²) in [5, 5.41) is 6.82. The maximum Gasteiger partial charge on any atom is 0.274 e. The fraction of sp³-hybridized carbons (Fsp3) is 0.133. The van der Waals surface area contributed by atoms with Crippen molar-refractivity contribution in [3.8, 4) is 0 Å². The van der Waals surface area contributed by atoms with Crippen LogP contribution < -0.4 is 5.73 Å². The van der Waals surface area contributed by atoms with Crippen LogP contribution in [0.5, 0.6) is 0 Å². The second-order valence-corrected chi connectivity index (χ2v) is 8.29. The number of nitrogens with two attached hydrogens (primary N) is 1. The highest BCUT2D eigenvalue weighted by atomic mass is 35.5. The van der Waals surface area contributed by atoms with Crippen LogP contribution in [0.2, 0.25) is 5.15 Å². The van der Waals surface area contributed by atoms with Crippen molar-refractivity contribution in [2.75, 3.05) is 6.54 Å². The average Bonchev–Trinajstić information content (AvgIpc) is 3.20. The van der Waals surface area contributed by atoms with Crippen LogP contribution in [0.15, 0.2) is 46.9 Å². The first-order valence-corrected chi connectivity index (χ1v) is 9.89. The monoisotopic (exact) mass is 380 g/mol. The summed E-state index contributed by atoms with van der Waals surface area (Å²) in [6.45, 7) is 0.451. The highest BCUT2D eigenvalue weighted by Gasteiger charge is 2.28. The van der Waals surface area contributed by atoms with Crippen LogP contribution in [-0.4, -0.2) is 28.5 Å². The van der Waals surface area contributed by atoms with Gasteiger partial charge in [-0.25, -0.2) is 16.9 Å². The normalized spacial score (nSPS) is 12.4. The van der Waals surface area contributed by atoms with Crippen molar-refractivity contribution in [2.24, 2.45) is 5.73 Å². The molecule has 0 radical (unpaired) electrons. The van der Waals surface area contributed by atoms with Crippen LogP contribution in [-0.2, 0) is 16.4 Å². The smallest absolute Gasteiger partial charge is 0.274 e. The van der Waals surface area contributed by atoms with Crippen LogP contribution in [0.25, 0.3) is 15.7 Å². The molecule has 0 saturated carbocycles. The minimum Gasteiger partial charge on any atom is -0.330 e. The first kappa shape index (κ1) is 15.6. The third kappa shape index (κ3) is 2.18. The lowest BCUT2D eigenvalue weighted by molar-refractivity contribution is 0.590. The summed E-state index contributed by atoms with van der Waals surface area (Å²) in [6.07, 6.45) is 3.90. The van der Waals surface area contributed by atoms with E-state index in [1.165, 1.54) is 19.8 Å². The Kier molecular flexibility index (Phi) is 3.65. The molecule has 0 bridgehead atoms. The standard InChI is InChI=1S/C15H13ClN4O2S2/c16-14-13(12-3-1-2-7-19(12)18-14)24(21,22)20-9-10(4-6-17)11-5-8-23-15(11)20/h1-3,5,7-9H,4,6,17H2. The number of hydrogen-bond donors (Lipinski definition) is 1. The zero-order valence-electron chi connectivity index (χ0n) is 12.4. The molecular formula is C15H13ClN4O2S2. The first-order valence-electron chi connectivity index (χ1n) is 7.20. The SMILES string of the molecule is NCCc1cn(S(=O)(=O)c2c(Cl)nn3ccccc23)c2sccc12. The molecule has 0 fully saturated rings. The molecule has 0 amide bonds. The number of halogens is 1. The maximum atomic E-state index is 13.3. The third-order valence-corrected chi connectivity index (χ3v) is 6.98. The number of aromatic nitrogens is 3. The summed E-state index contributed by atoms with van der Waals surface area (Å²) in [4.78, 5) is 0.666. The van der Waals surface area contributed by atoms with E-state index in [9.17, 15) is 8.42 Å². The highest BCUT2D eigenvalue weighted by molar-refractivity contribution is 7.90. The second kappa shape index (κ2) is 5.59. The molecule has 0 spiro atoms. The maximum absolute atomic E-state index is 13.3. The van der Waals surface area contributed by atoms with Crippen LogP contribution in [0.1, 0.15) is 5.56 Å². The number of rotatable bonds is 4. The summed E-state index contributed by atoms with van der Waals surface area (Å²) < 4.78 is 29.3. The van der Waals surface area contributed by atoms with E-state index in [-0.39, 0.29) is 10.0 Å². The molecule has 0 atom stereocenters.